The average molecular weight is 228 g/mol. The largest absolute Gasteiger partial charge is 0.310 e. The second-order valence-electron chi connectivity index (χ2n) is 3.67. The Morgan fingerprint density at radius 1 is 1.27 bits per heavy atom. The first kappa shape index (κ1) is 14.1. The Labute approximate surface area is 97.5 Å². The predicted octanol–water partition coefficient (Wildman–Crippen LogP) is 2.52. The molecule has 0 bridgehead atoms. The van der Waals surface area contributed by atoms with Gasteiger partial charge in [0.05, 0.1) is 6.04 Å². The number of hydrogen-bond acceptors (Lipinski definition) is 2. The first-order chi connectivity index (χ1) is 6.56. The third-order valence-corrected chi connectivity index (χ3v) is 2.62. The van der Waals surface area contributed by atoms with Crippen molar-refractivity contribution in [3.63, 3.8) is 0 Å². The zero-order chi connectivity index (χ0) is 10.7. The quantitative estimate of drug-likeness (QED) is 0.805. The van der Waals surface area contributed by atoms with Crippen LogP contribution in [0, 0.1) is 13.8 Å². The van der Waals surface area contributed by atoms with E-state index in [2.05, 4.69) is 5.32 Å². The summed E-state index contributed by atoms with van der Waals surface area (Å²) in [5.74, 6) is 0.149. The summed E-state index contributed by atoms with van der Waals surface area (Å²) < 4.78 is 0. The highest BCUT2D eigenvalue weighted by atomic mass is 35.5. The zero-order valence-electron chi connectivity index (χ0n) is 9.63. The summed E-state index contributed by atoms with van der Waals surface area (Å²) in [5, 5.41) is 2.95. The number of ketones is 1. The molecule has 1 atom stereocenters. The molecule has 0 aliphatic carbocycles. The van der Waals surface area contributed by atoms with E-state index in [-0.39, 0.29) is 24.2 Å². The molecule has 84 valence electrons. The summed E-state index contributed by atoms with van der Waals surface area (Å²) in [6.07, 6.45) is 0. The molecule has 2 nitrogen and oxygen atoms in total. The van der Waals surface area contributed by atoms with Crippen molar-refractivity contribution in [3.05, 3.63) is 34.9 Å². The van der Waals surface area contributed by atoms with Crippen molar-refractivity contribution in [3.8, 4) is 0 Å². The zero-order valence-corrected chi connectivity index (χ0v) is 10.4. The van der Waals surface area contributed by atoms with Gasteiger partial charge in [-0.1, -0.05) is 12.1 Å². The molecule has 0 aliphatic rings. The summed E-state index contributed by atoms with van der Waals surface area (Å²) in [6, 6.07) is 5.71. The van der Waals surface area contributed by atoms with Crippen LogP contribution in [-0.4, -0.2) is 18.9 Å². The SMILES string of the molecule is CNC(C)C(=O)c1ccc(C)c(C)c1.Cl. The van der Waals surface area contributed by atoms with Gasteiger partial charge in [-0.25, -0.2) is 0 Å². The fourth-order valence-electron chi connectivity index (χ4n) is 1.28. The Morgan fingerprint density at radius 3 is 2.33 bits per heavy atom. The molecule has 0 aromatic heterocycles. The van der Waals surface area contributed by atoms with Crippen molar-refractivity contribution >= 4 is 18.2 Å². The van der Waals surface area contributed by atoms with Crippen molar-refractivity contribution in [2.45, 2.75) is 26.8 Å². The van der Waals surface area contributed by atoms with E-state index in [1.54, 1.807) is 7.05 Å². The summed E-state index contributed by atoms with van der Waals surface area (Å²) >= 11 is 0. The lowest BCUT2D eigenvalue weighted by molar-refractivity contribution is 0.0955. The number of halogens is 1. The fraction of sp³-hybridized carbons (Fsp3) is 0.417. The number of carbonyl (C=O) groups excluding carboxylic acids is 1. The van der Waals surface area contributed by atoms with Gasteiger partial charge in [-0.3, -0.25) is 4.79 Å². The Bertz CT molecular complexity index is 349. The van der Waals surface area contributed by atoms with E-state index in [0.717, 1.165) is 5.56 Å². The first-order valence-electron chi connectivity index (χ1n) is 4.85. The number of nitrogens with one attached hydrogen (secondary N) is 1. The fourth-order valence-corrected chi connectivity index (χ4v) is 1.28. The van der Waals surface area contributed by atoms with Gasteiger partial charge in [-0.15, -0.1) is 12.4 Å². The maximum Gasteiger partial charge on any atom is 0.179 e. The molecule has 1 unspecified atom stereocenters. The molecule has 0 heterocycles. The smallest absolute Gasteiger partial charge is 0.179 e. The van der Waals surface area contributed by atoms with Crippen molar-refractivity contribution in [2.24, 2.45) is 0 Å². The molecule has 15 heavy (non-hydrogen) atoms. The van der Waals surface area contributed by atoms with Crippen molar-refractivity contribution in [2.75, 3.05) is 7.05 Å². The Kier molecular flexibility index (Phi) is 5.55. The maximum atomic E-state index is 11.8. The molecule has 0 fully saturated rings. The third kappa shape index (κ3) is 3.33. The maximum absolute atomic E-state index is 11.8. The predicted molar refractivity (Wildman–Crippen MR) is 66.0 cm³/mol. The average Bonchev–Trinajstić information content (AvgIpc) is 2.20. The van der Waals surface area contributed by atoms with Crippen molar-refractivity contribution in [1.82, 2.24) is 5.32 Å². The lowest BCUT2D eigenvalue weighted by Gasteiger charge is -2.10. The number of aryl methyl sites for hydroxylation is 2. The normalized spacial score (nSPS) is 11.7. The lowest BCUT2D eigenvalue weighted by atomic mass is 10.0. The molecule has 0 aliphatic heterocycles. The second kappa shape index (κ2) is 5.89. The van der Waals surface area contributed by atoms with E-state index in [1.807, 2.05) is 39.0 Å². The van der Waals surface area contributed by atoms with Crippen LogP contribution in [0.5, 0.6) is 0 Å². The summed E-state index contributed by atoms with van der Waals surface area (Å²) in [4.78, 5) is 11.8. The Balaban J connectivity index is 0.00000196. The van der Waals surface area contributed by atoms with Crippen LogP contribution in [0.25, 0.3) is 0 Å². The van der Waals surface area contributed by atoms with Gasteiger partial charge in [0.15, 0.2) is 5.78 Å². The minimum atomic E-state index is -0.114. The Hall–Kier alpha value is -0.860. The van der Waals surface area contributed by atoms with Crippen molar-refractivity contribution < 1.29 is 4.79 Å². The van der Waals surface area contributed by atoms with Crippen LogP contribution in [0.4, 0.5) is 0 Å². The topological polar surface area (TPSA) is 29.1 Å². The van der Waals surface area contributed by atoms with Crippen LogP contribution in [0.2, 0.25) is 0 Å². The van der Waals surface area contributed by atoms with E-state index in [9.17, 15) is 4.79 Å². The van der Waals surface area contributed by atoms with E-state index < -0.39 is 0 Å². The molecule has 0 saturated heterocycles. The number of rotatable bonds is 3. The molecule has 0 amide bonds. The number of hydrogen-bond donors (Lipinski definition) is 1. The van der Waals surface area contributed by atoms with E-state index >= 15 is 0 Å². The highest BCUT2D eigenvalue weighted by molar-refractivity contribution is 6.00. The van der Waals surface area contributed by atoms with Crippen LogP contribution in [-0.2, 0) is 0 Å². The lowest BCUT2D eigenvalue weighted by Crippen LogP contribution is -2.30. The van der Waals surface area contributed by atoms with E-state index in [1.165, 1.54) is 11.1 Å². The van der Waals surface area contributed by atoms with Crippen LogP contribution in [0.3, 0.4) is 0 Å². The van der Waals surface area contributed by atoms with E-state index in [4.69, 9.17) is 0 Å². The van der Waals surface area contributed by atoms with Crippen LogP contribution in [0.1, 0.15) is 28.4 Å². The molecule has 1 N–H and O–H groups in total. The number of carbonyl (C=O) groups is 1. The minimum absolute atomic E-state index is 0. The standard InChI is InChI=1S/C12H17NO.ClH/c1-8-5-6-11(7-9(8)2)12(14)10(3)13-4;/h5-7,10,13H,1-4H3;1H. The van der Waals surface area contributed by atoms with Gasteiger partial charge in [0, 0.05) is 5.56 Å². The van der Waals surface area contributed by atoms with Gasteiger partial charge in [-0.2, -0.15) is 0 Å². The minimum Gasteiger partial charge on any atom is -0.310 e. The number of Topliss-reactive ketones (excluding diaryl/α,β-unsaturated/α-hetero) is 1. The van der Waals surface area contributed by atoms with Crippen LogP contribution >= 0.6 is 12.4 Å². The Morgan fingerprint density at radius 2 is 1.87 bits per heavy atom. The van der Waals surface area contributed by atoms with Gasteiger partial charge in [0.25, 0.3) is 0 Å². The van der Waals surface area contributed by atoms with Gasteiger partial charge in [-0.05, 0) is 45.0 Å². The molecule has 3 heteroatoms. The highest BCUT2D eigenvalue weighted by Crippen LogP contribution is 2.11. The first-order valence-corrected chi connectivity index (χ1v) is 4.85. The van der Waals surface area contributed by atoms with Gasteiger partial charge in [0.1, 0.15) is 0 Å². The molecule has 1 rings (SSSR count). The van der Waals surface area contributed by atoms with Crippen molar-refractivity contribution in [1.29, 1.82) is 0 Å². The molecule has 1 aromatic carbocycles. The highest BCUT2D eigenvalue weighted by Gasteiger charge is 2.12. The summed E-state index contributed by atoms with van der Waals surface area (Å²) in [7, 11) is 1.80. The van der Waals surface area contributed by atoms with Crippen LogP contribution in [0.15, 0.2) is 18.2 Å². The van der Waals surface area contributed by atoms with Gasteiger partial charge >= 0.3 is 0 Å². The number of likely N-dealkylation sites (N-methyl/N-ethyl adjacent to an activating group) is 1. The number of benzene rings is 1. The molecule has 1 aromatic rings. The van der Waals surface area contributed by atoms with Gasteiger partial charge in [0.2, 0.25) is 0 Å². The second-order valence-corrected chi connectivity index (χ2v) is 3.67. The molecular formula is C12H18ClNO. The monoisotopic (exact) mass is 227 g/mol. The van der Waals surface area contributed by atoms with Crippen LogP contribution < -0.4 is 5.32 Å². The van der Waals surface area contributed by atoms with E-state index in [0.29, 0.717) is 0 Å². The summed E-state index contributed by atoms with van der Waals surface area (Å²) in [5.41, 5.74) is 3.17. The summed E-state index contributed by atoms with van der Waals surface area (Å²) in [6.45, 7) is 5.94. The molecular weight excluding hydrogens is 210 g/mol. The third-order valence-electron chi connectivity index (χ3n) is 2.62. The molecule has 0 saturated carbocycles. The molecule has 0 spiro atoms. The van der Waals surface area contributed by atoms with Gasteiger partial charge < -0.3 is 5.32 Å². The molecule has 0 radical (unpaired) electrons.